The third kappa shape index (κ3) is 4.02. The molecule has 1 heterocycles. The number of rotatable bonds is 6. The van der Waals surface area contributed by atoms with Crippen LogP contribution in [0.1, 0.15) is 18.9 Å². The standard InChI is InChI=1S/C14H21NO2/c1-2-15-9-12-3-5-14(6-4-12)17-11-13-7-8-16-10-13/h3-6,13,15H,2,7-11H2,1H3. The Morgan fingerprint density at radius 1 is 1.35 bits per heavy atom. The van der Waals surface area contributed by atoms with Crippen LogP contribution in [-0.4, -0.2) is 26.4 Å². The van der Waals surface area contributed by atoms with Crippen LogP contribution in [-0.2, 0) is 11.3 Å². The van der Waals surface area contributed by atoms with Crippen LogP contribution in [0.3, 0.4) is 0 Å². The minimum Gasteiger partial charge on any atom is -0.493 e. The van der Waals surface area contributed by atoms with Crippen LogP contribution in [0.4, 0.5) is 0 Å². The van der Waals surface area contributed by atoms with Crippen molar-refractivity contribution >= 4 is 0 Å². The van der Waals surface area contributed by atoms with Gasteiger partial charge in [-0.05, 0) is 30.7 Å². The van der Waals surface area contributed by atoms with E-state index in [-0.39, 0.29) is 0 Å². The molecule has 1 atom stereocenters. The van der Waals surface area contributed by atoms with Crippen LogP contribution in [0, 0.1) is 5.92 Å². The van der Waals surface area contributed by atoms with Crippen molar-refractivity contribution in [2.24, 2.45) is 5.92 Å². The van der Waals surface area contributed by atoms with E-state index in [0.717, 1.165) is 45.1 Å². The Morgan fingerprint density at radius 2 is 2.18 bits per heavy atom. The number of nitrogens with one attached hydrogen (secondary N) is 1. The van der Waals surface area contributed by atoms with Crippen LogP contribution in [0.2, 0.25) is 0 Å². The van der Waals surface area contributed by atoms with Crippen LogP contribution in [0.15, 0.2) is 24.3 Å². The molecule has 0 amide bonds. The largest absolute Gasteiger partial charge is 0.493 e. The summed E-state index contributed by atoms with van der Waals surface area (Å²) in [6.45, 7) is 6.54. The zero-order valence-corrected chi connectivity index (χ0v) is 10.4. The van der Waals surface area contributed by atoms with Crippen LogP contribution >= 0.6 is 0 Å². The molecule has 3 heteroatoms. The lowest BCUT2D eigenvalue weighted by Crippen LogP contribution is -2.12. The molecular formula is C14H21NO2. The average Bonchev–Trinajstić information content (AvgIpc) is 2.88. The van der Waals surface area contributed by atoms with E-state index in [1.165, 1.54) is 5.56 Å². The first-order valence-electron chi connectivity index (χ1n) is 6.38. The molecular weight excluding hydrogens is 214 g/mol. The van der Waals surface area contributed by atoms with Gasteiger partial charge in [0.15, 0.2) is 0 Å². The molecule has 0 aromatic heterocycles. The molecule has 94 valence electrons. The quantitative estimate of drug-likeness (QED) is 0.820. The third-order valence-corrected chi connectivity index (χ3v) is 3.01. The first-order chi connectivity index (χ1) is 8.38. The smallest absolute Gasteiger partial charge is 0.119 e. The maximum absolute atomic E-state index is 5.75. The molecule has 1 N–H and O–H groups in total. The predicted molar refractivity (Wildman–Crippen MR) is 68.2 cm³/mol. The minimum absolute atomic E-state index is 0.566. The molecule has 1 unspecified atom stereocenters. The molecule has 1 fully saturated rings. The van der Waals surface area contributed by atoms with Crippen molar-refractivity contribution in [3.8, 4) is 5.75 Å². The van der Waals surface area contributed by atoms with Crippen molar-refractivity contribution in [3.05, 3.63) is 29.8 Å². The summed E-state index contributed by atoms with van der Waals surface area (Å²) in [4.78, 5) is 0. The monoisotopic (exact) mass is 235 g/mol. The lowest BCUT2D eigenvalue weighted by atomic mass is 10.1. The lowest BCUT2D eigenvalue weighted by molar-refractivity contribution is 0.167. The van der Waals surface area contributed by atoms with Gasteiger partial charge < -0.3 is 14.8 Å². The molecule has 0 aliphatic carbocycles. The van der Waals surface area contributed by atoms with Gasteiger partial charge in [-0.2, -0.15) is 0 Å². The topological polar surface area (TPSA) is 30.5 Å². The summed E-state index contributed by atoms with van der Waals surface area (Å²) in [5.41, 5.74) is 1.29. The van der Waals surface area contributed by atoms with Crippen molar-refractivity contribution in [1.82, 2.24) is 5.32 Å². The number of hydrogen-bond donors (Lipinski definition) is 1. The lowest BCUT2D eigenvalue weighted by Gasteiger charge is -2.10. The average molecular weight is 235 g/mol. The van der Waals surface area contributed by atoms with Crippen molar-refractivity contribution in [1.29, 1.82) is 0 Å². The van der Waals surface area contributed by atoms with E-state index in [1.807, 2.05) is 12.1 Å². The summed E-state index contributed by atoms with van der Waals surface area (Å²) in [5, 5.41) is 3.30. The zero-order valence-electron chi connectivity index (χ0n) is 10.4. The molecule has 1 saturated heterocycles. The molecule has 17 heavy (non-hydrogen) atoms. The fourth-order valence-corrected chi connectivity index (χ4v) is 1.90. The fourth-order valence-electron chi connectivity index (χ4n) is 1.90. The predicted octanol–water partition coefficient (Wildman–Crippen LogP) is 2.21. The van der Waals surface area contributed by atoms with Gasteiger partial charge in [-0.25, -0.2) is 0 Å². The Balaban J connectivity index is 1.76. The molecule has 0 saturated carbocycles. The minimum atomic E-state index is 0.566. The second-order valence-electron chi connectivity index (χ2n) is 4.46. The third-order valence-electron chi connectivity index (χ3n) is 3.01. The van der Waals surface area contributed by atoms with Gasteiger partial charge in [-0.3, -0.25) is 0 Å². The van der Waals surface area contributed by atoms with Gasteiger partial charge in [0, 0.05) is 19.1 Å². The SMILES string of the molecule is CCNCc1ccc(OCC2CCOC2)cc1. The van der Waals surface area contributed by atoms with Crippen molar-refractivity contribution in [2.75, 3.05) is 26.4 Å². The summed E-state index contributed by atoms with van der Waals surface area (Å²) in [7, 11) is 0. The number of benzene rings is 1. The van der Waals surface area contributed by atoms with Gasteiger partial charge in [0.1, 0.15) is 5.75 Å². The number of hydrogen-bond acceptors (Lipinski definition) is 3. The molecule has 0 bridgehead atoms. The molecule has 1 aromatic carbocycles. The van der Waals surface area contributed by atoms with Gasteiger partial charge in [0.25, 0.3) is 0 Å². The van der Waals surface area contributed by atoms with E-state index in [2.05, 4.69) is 24.4 Å². The molecule has 0 spiro atoms. The number of ether oxygens (including phenoxy) is 2. The van der Waals surface area contributed by atoms with Gasteiger partial charge in [-0.15, -0.1) is 0 Å². The highest BCUT2D eigenvalue weighted by Gasteiger charge is 2.15. The van der Waals surface area contributed by atoms with Crippen molar-refractivity contribution < 1.29 is 9.47 Å². The first-order valence-corrected chi connectivity index (χ1v) is 6.38. The maximum Gasteiger partial charge on any atom is 0.119 e. The Morgan fingerprint density at radius 3 is 2.82 bits per heavy atom. The summed E-state index contributed by atoms with van der Waals surface area (Å²) < 4.78 is 11.1. The molecule has 1 aromatic rings. The molecule has 0 radical (unpaired) electrons. The van der Waals surface area contributed by atoms with E-state index in [9.17, 15) is 0 Å². The first kappa shape index (κ1) is 12.4. The van der Waals surface area contributed by atoms with Gasteiger partial charge in [0.05, 0.1) is 13.2 Å². The van der Waals surface area contributed by atoms with Gasteiger partial charge in [0.2, 0.25) is 0 Å². The molecule has 2 rings (SSSR count). The molecule has 3 nitrogen and oxygen atoms in total. The van der Waals surface area contributed by atoms with Crippen molar-refractivity contribution in [2.45, 2.75) is 19.9 Å². The summed E-state index contributed by atoms with van der Waals surface area (Å²) >= 11 is 0. The highest BCUT2D eigenvalue weighted by Crippen LogP contribution is 2.17. The highest BCUT2D eigenvalue weighted by atomic mass is 16.5. The second-order valence-corrected chi connectivity index (χ2v) is 4.46. The molecule has 1 aliphatic heterocycles. The molecule has 1 aliphatic rings. The van der Waals surface area contributed by atoms with Crippen LogP contribution in [0.25, 0.3) is 0 Å². The van der Waals surface area contributed by atoms with Crippen LogP contribution in [0.5, 0.6) is 5.75 Å². The van der Waals surface area contributed by atoms with E-state index in [0.29, 0.717) is 5.92 Å². The summed E-state index contributed by atoms with van der Waals surface area (Å²) in [6, 6.07) is 8.32. The van der Waals surface area contributed by atoms with Gasteiger partial charge in [-0.1, -0.05) is 19.1 Å². The maximum atomic E-state index is 5.75. The Labute approximate surface area is 103 Å². The van der Waals surface area contributed by atoms with Crippen molar-refractivity contribution in [3.63, 3.8) is 0 Å². The van der Waals surface area contributed by atoms with E-state index in [1.54, 1.807) is 0 Å². The van der Waals surface area contributed by atoms with E-state index >= 15 is 0 Å². The van der Waals surface area contributed by atoms with Crippen LogP contribution < -0.4 is 10.1 Å². The van der Waals surface area contributed by atoms with E-state index < -0.39 is 0 Å². The zero-order chi connectivity index (χ0) is 11.9. The second kappa shape index (κ2) is 6.62. The highest BCUT2D eigenvalue weighted by molar-refractivity contribution is 5.27. The summed E-state index contributed by atoms with van der Waals surface area (Å²) in [6.07, 6.45) is 1.12. The van der Waals surface area contributed by atoms with Gasteiger partial charge >= 0.3 is 0 Å². The Hall–Kier alpha value is -1.06. The summed E-state index contributed by atoms with van der Waals surface area (Å²) in [5.74, 6) is 1.52. The normalized spacial score (nSPS) is 19.5. The fraction of sp³-hybridized carbons (Fsp3) is 0.571. The Bertz CT molecular complexity index is 317. The van der Waals surface area contributed by atoms with E-state index in [4.69, 9.17) is 9.47 Å². The Kier molecular flexibility index (Phi) is 4.83.